The largest absolute Gasteiger partial charge is 0.314 e. The fourth-order valence-electron chi connectivity index (χ4n) is 1.84. The second-order valence-electron chi connectivity index (χ2n) is 3.82. The lowest BCUT2D eigenvalue weighted by Gasteiger charge is -2.28. The quantitative estimate of drug-likeness (QED) is 0.813. The van der Waals surface area contributed by atoms with Crippen molar-refractivity contribution in [3.05, 3.63) is 16.6 Å². The first-order chi connectivity index (χ1) is 6.86. The summed E-state index contributed by atoms with van der Waals surface area (Å²) in [6.07, 6.45) is 1.90. The predicted molar refractivity (Wildman–Crippen MR) is 59.8 cm³/mol. The van der Waals surface area contributed by atoms with Gasteiger partial charge in [-0.15, -0.1) is 11.3 Å². The van der Waals surface area contributed by atoms with Gasteiger partial charge in [0.1, 0.15) is 0 Å². The Kier molecular flexibility index (Phi) is 3.50. The molecular weight excluding hydrogens is 194 g/mol. The monoisotopic (exact) mass is 211 g/mol. The third kappa shape index (κ3) is 2.53. The fraction of sp³-hybridized carbons (Fsp3) is 0.700. The molecule has 1 aliphatic heterocycles. The molecule has 78 valence electrons. The SMILES string of the molecule is CC(CN1CCNCC1)c1nccs1. The molecule has 0 saturated carbocycles. The van der Waals surface area contributed by atoms with E-state index in [-0.39, 0.29) is 0 Å². The molecule has 4 heteroatoms. The highest BCUT2D eigenvalue weighted by atomic mass is 32.1. The summed E-state index contributed by atoms with van der Waals surface area (Å²) in [7, 11) is 0. The van der Waals surface area contributed by atoms with E-state index in [1.54, 1.807) is 11.3 Å². The topological polar surface area (TPSA) is 28.2 Å². The van der Waals surface area contributed by atoms with Gasteiger partial charge in [0.05, 0.1) is 5.01 Å². The summed E-state index contributed by atoms with van der Waals surface area (Å²) in [4.78, 5) is 6.87. The summed E-state index contributed by atoms with van der Waals surface area (Å²) < 4.78 is 0. The van der Waals surface area contributed by atoms with Crippen molar-refractivity contribution in [3.63, 3.8) is 0 Å². The molecule has 0 aliphatic carbocycles. The zero-order valence-electron chi connectivity index (χ0n) is 8.57. The van der Waals surface area contributed by atoms with Gasteiger partial charge in [-0.3, -0.25) is 0 Å². The van der Waals surface area contributed by atoms with E-state index in [0.717, 1.165) is 19.6 Å². The molecule has 3 nitrogen and oxygen atoms in total. The maximum atomic E-state index is 4.36. The average Bonchev–Trinajstić information content (AvgIpc) is 2.72. The van der Waals surface area contributed by atoms with Gasteiger partial charge in [0, 0.05) is 50.2 Å². The van der Waals surface area contributed by atoms with Gasteiger partial charge in [0.15, 0.2) is 0 Å². The molecule has 1 N–H and O–H groups in total. The number of hydrogen-bond donors (Lipinski definition) is 1. The molecule has 1 saturated heterocycles. The molecule has 1 fully saturated rings. The Morgan fingerprint density at radius 1 is 1.57 bits per heavy atom. The van der Waals surface area contributed by atoms with Crippen LogP contribution in [0.25, 0.3) is 0 Å². The normalized spacial score (nSPS) is 20.9. The molecular formula is C10H17N3S. The van der Waals surface area contributed by atoms with Crippen molar-refractivity contribution in [1.82, 2.24) is 15.2 Å². The van der Waals surface area contributed by atoms with Crippen molar-refractivity contribution in [2.45, 2.75) is 12.8 Å². The second-order valence-corrected chi connectivity index (χ2v) is 4.75. The summed E-state index contributed by atoms with van der Waals surface area (Å²) in [5.74, 6) is 0.577. The van der Waals surface area contributed by atoms with Gasteiger partial charge < -0.3 is 10.2 Å². The molecule has 0 bridgehead atoms. The Morgan fingerprint density at radius 3 is 3.00 bits per heavy atom. The minimum absolute atomic E-state index is 0.577. The van der Waals surface area contributed by atoms with Crippen molar-refractivity contribution in [3.8, 4) is 0 Å². The van der Waals surface area contributed by atoms with Crippen LogP contribution in [0, 0.1) is 0 Å². The lowest BCUT2D eigenvalue weighted by Crippen LogP contribution is -2.44. The van der Waals surface area contributed by atoms with E-state index in [4.69, 9.17) is 0 Å². The molecule has 1 unspecified atom stereocenters. The highest BCUT2D eigenvalue weighted by Crippen LogP contribution is 2.18. The molecule has 0 aromatic carbocycles. The van der Waals surface area contributed by atoms with Crippen molar-refractivity contribution < 1.29 is 0 Å². The van der Waals surface area contributed by atoms with Crippen molar-refractivity contribution in [2.75, 3.05) is 32.7 Å². The van der Waals surface area contributed by atoms with Crippen LogP contribution < -0.4 is 5.32 Å². The molecule has 0 radical (unpaired) electrons. The van der Waals surface area contributed by atoms with Gasteiger partial charge in [-0.1, -0.05) is 6.92 Å². The van der Waals surface area contributed by atoms with Crippen LogP contribution in [0.1, 0.15) is 17.8 Å². The van der Waals surface area contributed by atoms with Crippen LogP contribution >= 0.6 is 11.3 Å². The van der Waals surface area contributed by atoms with Crippen LogP contribution in [-0.2, 0) is 0 Å². The highest BCUT2D eigenvalue weighted by molar-refractivity contribution is 7.09. The maximum Gasteiger partial charge on any atom is 0.0965 e. The van der Waals surface area contributed by atoms with Crippen molar-refractivity contribution in [2.24, 2.45) is 0 Å². The van der Waals surface area contributed by atoms with E-state index in [2.05, 4.69) is 27.5 Å². The molecule has 1 aromatic rings. The Balaban J connectivity index is 1.84. The molecule has 2 rings (SSSR count). The van der Waals surface area contributed by atoms with E-state index in [0.29, 0.717) is 5.92 Å². The Morgan fingerprint density at radius 2 is 2.36 bits per heavy atom. The summed E-state index contributed by atoms with van der Waals surface area (Å²) in [6, 6.07) is 0. The van der Waals surface area contributed by atoms with E-state index < -0.39 is 0 Å². The molecule has 2 heterocycles. The molecule has 1 aliphatic rings. The van der Waals surface area contributed by atoms with E-state index >= 15 is 0 Å². The van der Waals surface area contributed by atoms with Gasteiger partial charge in [0.25, 0.3) is 0 Å². The third-order valence-corrected chi connectivity index (χ3v) is 3.62. The lowest BCUT2D eigenvalue weighted by atomic mass is 10.1. The van der Waals surface area contributed by atoms with Crippen molar-refractivity contribution >= 4 is 11.3 Å². The standard InChI is InChI=1S/C10H17N3S/c1-9(10-12-4-7-14-10)8-13-5-2-11-3-6-13/h4,7,9,11H,2-3,5-6,8H2,1H3. The van der Waals surface area contributed by atoms with Gasteiger partial charge in [-0.05, 0) is 0 Å². The van der Waals surface area contributed by atoms with Crippen LogP contribution in [0.4, 0.5) is 0 Å². The number of hydrogen-bond acceptors (Lipinski definition) is 4. The molecule has 0 spiro atoms. The van der Waals surface area contributed by atoms with Gasteiger partial charge in [-0.2, -0.15) is 0 Å². The van der Waals surface area contributed by atoms with E-state index in [9.17, 15) is 0 Å². The number of rotatable bonds is 3. The summed E-state index contributed by atoms with van der Waals surface area (Å²) in [5, 5.41) is 6.69. The zero-order chi connectivity index (χ0) is 9.80. The van der Waals surface area contributed by atoms with Crippen LogP contribution in [0.3, 0.4) is 0 Å². The zero-order valence-corrected chi connectivity index (χ0v) is 9.39. The number of thiazole rings is 1. The summed E-state index contributed by atoms with van der Waals surface area (Å²) in [5.41, 5.74) is 0. The van der Waals surface area contributed by atoms with Crippen LogP contribution in [0.15, 0.2) is 11.6 Å². The maximum absolute atomic E-state index is 4.36. The Hall–Kier alpha value is -0.450. The van der Waals surface area contributed by atoms with Crippen LogP contribution in [0.5, 0.6) is 0 Å². The Labute approximate surface area is 89.1 Å². The van der Waals surface area contributed by atoms with E-state index in [1.165, 1.54) is 18.1 Å². The average molecular weight is 211 g/mol. The molecule has 1 atom stereocenters. The summed E-state index contributed by atoms with van der Waals surface area (Å²) >= 11 is 1.77. The lowest BCUT2D eigenvalue weighted by molar-refractivity contribution is 0.230. The number of nitrogens with one attached hydrogen (secondary N) is 1. The smallest absolute Gasteiger partial charge is 0.0965 e. The van der Waals surface area contributed by atoms with Crippen LogP contribution in [0.2, 0.25) is 0 Å². The molecule has 14 heavy (non-hydrogen) atoms. The minimum atomic E-state index is 0.577. The second kappa shape index (κ2) is 4.87. The fourth-order valence-corrected chi connectivity index (χ4v) is 2.53. The van der Waals surface area contributed by atoms with Gasteiger partial charge >= 0.3 is 0 Å². The van der Waals surface area contributed by atoms with Crippen LogP contribution in [-0.4, -0.2) is 42.6 Å². The number of aromatic nitrogens is 1. The predicted octanol–water partition coefficient (Wildman–Crippen LogP) is 1.15. The first kappa shape index (κ1) is 10.1. The highest BCUT2D eigenvalue weighted by Gasteiger charge is 2.15. The van der Waals surface area contributed by atoms with Gasteiger partial charge in [0.2, 0.25) is 0 Å². The van der Waals surface area contributed by atoms with E-state index in [1.807, 2.05) is 6.20 Å². The molecule has 1 aromatic heterocycles. The first-order valence-corrected chi connectivity index (χ1v) is 6.06. The number of piperazine rings is 1. The van der Waals surface area contributed by atoms with Gasteiger partial charge in [-0.25, -0.2) is 4.98 Å². The number of nitrogens with zero attached hydrogens (tertiary/aromatic N) is 2. The summed E-state index contributed by atoms with van der Waals surface area (Å²) in [6.45, 7) is 8.02. The molecule has 0 amide bonds. The third-order valence-electron chi connectivity index (χ3n) is 2.61. The minimum Gasteiger partial charge on any atom is -0.314 e. The van der Waals surface area contributed by atoms with Crippen molar-refractivity contribution in [1.29, 1.82) is 0 Å². The Bertz CT molecular complexity index is 254. The first-order valence-electron chi connectivity index (χ1n) is 5.19.